The highest BCUT2D eigenvalue weighted by Crippen LogP contribution is 2.39. The van der Waals surface area contributed by atoms with Crippen molar-refractivity contribution < 1.29 is 32.2 Å². The average Bonchev–Trinajstić information content (AvgIpc) is 3.31. The lowest BCUT2D eigenvalue weighted by molar-refractivity contribution is -0.189. The summed E-state index contributed by atoms with van der Waals surface area (Å²) >= 11 is 1.21. The Morgan fingerprint density at radius 2 is 1.85 bits per heavy atom. The van der Waals surface area contributed by atoms with Crippen molar-refractivity contribution in [2.45, 2.75) is 56.9 Å². The second-order valence-corrected chi connectivity index (χ2v) is 8.87. The van der Waals surface area contributed by atoms with Crippen LogP contribution in [0.3, 0.4) is 0 Å². The first-order chi connectivity index (χ1) is 15.8. The van der Waals surface area contributed by atoms with E-state index in [9.17, 15) is 22.8 Å². The Kier molecular flexibility index (Phi) is 8.23. The van der Waals surface area contributed by atoms with Gasteiger partial charge >= 0.3 is 12.1 Å². The second kappa shape index (κ2) is 10.9. The number of para-hydroxylation sites is 1. The molecule has 1 saturated carbocycles. The van der Waals surface area contributed by atoms with Gasteiger partial charge in [0.15, 0.2) is 11.5 Å². The van der Waals surface area contributed by atoms with E-state index < -0.39 is 24.0 Å². The molecule has 0 aliphatic heterocycles. The van der Waals surface area contributed by atoms with Crippen LogP contribution in [0.2, 0.25) is 0 Å². The van der Waals surface area contributed by atoms with Gasteiger partial charge in [0.05, 0.1) is 20.8 Å². The van der Waals surface area contributed by atoms with Crippen LogP contribution >= 0.6 is 11.3 Å². The molecule has 0 radical (unpaired) electrons. The highest BCUT2D eigenvalue weighted by Gasteiger charge is 2.47. The van der Waals surface area contributed by atoms with Crippen LogP contribution in [0.25, 0.3) is 0 Å². The third-order valence-corrected chi connectivity index (χ3v) is 6.51. The molecule has 0 saturated heterocycles. The second-order valence-electron chi connectivity index (χ2n) is 7.84. The topological polar surface area (TPSA) is 67.9 Å². The van der Waals surface area contributed by atoms with Crippen LogP contribution < -0.4 is 14.8 Å². The average molecular weight is 485 g/mol. The minimum Gasteiger partial charge on any atom is -0.493 e. The molecule has 1 N–H and O–H groups in total. The fourth-order valence-electron chi connectivity index (χ4n) is 4.12. The van der Waals surface area contributed by atoms with E-state index in [1.54, 1.807) is 29.6 Å². The standard InChI is InChI=1S/C23H27F3N2O4S/c1-31-18-12-6-11-17(20(18)32-2)19(21(29)27-15-8-4-3-5-9-15)28(22(30)23(24,25)26)14-16-10-7-13-33-16/h6-7,10-13,15,19H,3-5,8-9,14H2,1-2H3,(H,27,29)/t19-/m1/s1. The van der Waals surface area contributed by atoms with E-state index in [0.29, 0.717) is 9.78 Å². The van der Waals surface area contributed by atoms with Crippen molar-refractivity contribution in [3.63, 3.8) is 0 Å². The zero-order valence-corrected chi connectivity index (χ0v) is 19.3. The Balaban J connectivity index is 2.10. The lowest BCUT2D eigenvalue weighted by atomic mass is 9.94. The fraction of sp³-hybridized carbons (Fsp3) is 0.478. The number of methoxy groups -OCH3 is 2. The number of rotatable bonds is 8. The Labute approximate surface area is 194 Å². The molecule has 0 bridgehead atoms. The molecule has 3 rings (SSSR count). The maximum Gasteiger partial charge on any atom is 0.471 e. The minimum atomic E-state index is -5.16. The van der Waals surface area contributed by atoms with Gasteiger partial charge in [-0.15, -0.1) is 11.3 Å². The number of thiophene rings is 1. The largest absolute Gasteiger partial charge is 0.493 e. The molecular formula is C23H27F3N2O4S. The third-order valence-electron chi connectivity index (χ3n) is 5.65. The lowest BCUT2D eigenvalue weighted by Crippen LogP contribution is -2.50. The Morgan fingerprint density at radius 1 is 1.12 bits per heavy atom. The van der Waals surface area contributed by atoms with E-state index in [2.05, 4.69) is 5.32 Å². The first-order valence-electron chi connectivity index (χ1n) is 10.7. The molecule has 1 atom stereocenters. The van der Waals surface area contributed by atoms with Crippen LogP contribution in [-0.4, -0.2) is 43.2 Å². The molecular weight excluding hydrogens is 457 g/mol. The van der Waals surface area contributed by atoms with Crippen molar-refractivity contribution in [3.05, 3.63) is 46.2 Å². The number of carbonyl (C=O) groups excluding carboxylic acids is 2. The first kappa shape index (κ1) is 24.9. The van der Waals surface area contributed by atoms with Gasteiger partial charge in [0.2, 0.25) is 5.91 Å². The van der Waals surface area contributed by atoms with Crippen LogP contribution in [-0.2, 0) is 16.1 Å². The molecule has 6 nitrogen and oxygen atoms in total. The number of hydrogen-bond donors (Lipinski definition) is 1. The van der Waals surface area contributed by atoms with Gasteiger partial charge in [-0.2, -0.15) is 13.2 Å². The monoisotopic (exact) mass is 484 g/mol. The van der Waals surface area contributed by atoms with Gasteiger partial charge in [-0.05, 0) is 30.4 Å². The number of nitrogens with one attached hydrogen (secondary N) is 1. The predicted molar refractivity (Wildman–Crippen MR) is 118 cm³/mol. The van der Waals surface area contributed by atoms with Gasteiger partial charge in [-0.3, -0.25) is 9.59 Å². The molecule has 33 heavy (non-hydrogen) atoms. The summed E-state index contributed by atoms with van der Waals surface area (Å²) < 4.78 is 51.7. The Bertz CT molecular complexity index is 944. The van der Waals surface area contributed by atoms with Crippen molar-refractivity contribution in [2.75, 3.05) is 14.2 Å². The molecule has 2 aromatic rings. The first-order valence-corrected chi connectivity index (χ1v) is 11.6. The van der Waals surface area contributed by atoms with E-state index in [4.69, 9.17) is 9.47 Å². The highest BCUT2D eigenvalue weighted by molar-refractivity contribution is 7.09. The van der Waals surface area contributed by atoms with Crippen LogP contribution in [0, 0.1) is 0 Å². The molecule has 1 aliphatic carbocycles. The van der Waals surface area contributed by atoms with Crippen LogP contribution in [0.4, 0.5) is 13.2 Å². The van der Waals surface area contributed by atoms with Gasteiger partial charge in [0, 0.05) is 16.5 Å². The van der Waals surface area contributed by atoms with Crippen molar-refractivity contribution >= 4 is 23.2 Å². The summed E-state index contributed by atoms with van der Waals surface area (Å²) in [6.07, 6.45) is -0.766. The Morgan fingerprint density at radius 3 is 2.42 bits per heavy atom. The Hall–Kier alpha value is -2.75. The number of halogens is 3. The predicted octanol–water partition coefficient (Wildman–Crippen LogP) is 4.85. The molecule has 10 heteroatoms. The summed E-state index contributed by atoms with van der Waals surface area (Å²) in [7, 11) is 2.73. The number of amides is 2. The summed E-state index contributed by atoms with van der Waals surface area (Å²) in [5.74, 6) is -2.41. The molecule has 2 amide bonds. The zero-order valence-electron chi connectivity index (χ0n) is 18.5. The third kappa shape index (κ3) is 5.98. The molecule has 0 unspecified atom stereocenters. The van der Waals surface area contributed by atoms with Crippen molar-refractivity contribution in [1.82, 2.24) is 10.2 Å². The molecule has 180 valence electrons. The molecule has 1 fully saturated rings. The lowest BCUT2D eigenvalue weighted by Gasteiger charge is -2.34. The SMILES string of the molecule is COc1cccc([C@H](C(=O)NC2CCCCC2)N(Cc2cccs2)C(=O)C(F)(F)F)c1OC. The quantitative estimate of drug-likeness (QED) is 0.582. The molecule has 1 aromatic heterocycles. The molecule has 1 aromatic carbocycles. The van der Waals surface area contributed by atoms with Gasteiger partial charge in [0.1, 0.15) is 6.04 Å². The number of carbonyl (C=O) groups is 2. The number of ether oxygens (including phenoxy) is 2. The summed E-state index contributed by atoms with van der Waals surface area (Å²) in [6, 6.07) is 6.20. The number of nitrogens with zero attached hydrogens (tertiary/aromatic N) is 1. The number of benzene rings is 1. The van der Waals surface area contributed by atoms with E-state index in [-0.39, 0.29) is 29.6 Å². The van der Waals surface area contributed by atoms with Crippen molar-refractivity contribution in [1.29, 1.82) is 0 Å². The smallest absolute Gasteiger partial charge is 0.471 e. The summed E-state index contributed by atoms with van der Waals surface area (Å²) in [5.41, 5.74) is 0.124. The van der Waals surface area contributed by atoms with Gasteiger partial charge in [-0.1, -0.05) is 37.5 Å². The highest BCUT2D eigenvalue weighted by atomic mass is 32.1. The summed E-state index contributed by atoms with van der Waals surface area (Å²) in [6.45, 7) is -0.376. The maximum absolute atomic E-state index is 13.7. The summed E-state index contributed by atoms with van der Waals surface area (Å²) in [4.78, 5) is 27.2. The molecule has 1 heterocycles. The maximum atomic E-state index is 13.7. The van der Waals surface area contributed by atoms with E-state index in [1.165, 1.54) is 31.6 Å². The fourth-order valence-corrected chi connectivity index (χ4v) is 4.82. The van der Waals surface area contributed by atoms with Crippen LogP contribution in [0.1, 0.15) is 48.6 Å². The number of alkyl halides is 3. The van der Waals surface area contributed by atoms with Gasteiger partial charge in [0.25, 0.3) is 0 Å². The van der Waals surface area contributed by atoms with Gasteiger partial charge in [-0.25, -0.2) is 0 Å². The number of hydrogen-bond acceptors (Lipinski definition) is 5. The molecule has 1 aliphatic rings. The zero-order chi connectivity index (χ0) is 24.0. The van der Waals surface area contributed by atoms with Gasteiger partial charge < -0.3 is 19.7 Å². The summed E-state index contributed by atoms with van der Waals surface area (Å²) in [5, 5.41) is 4.58. The van der Waals surface area contributed by atoms with E-state index >= 15 is 0 Å². The van der Waals surface area contributed by atoms with E-state index in [0.717, 1.165) is 32.1 Å². The van der Waals surface area contributed by atoms with E-state index in [1.807, 2.05) is 0 Å². The molecule has 0 spiro atoms. The van der Waals surface area contributed by atoms with Crippen molar-refractivity contribution in [2.24, 2.45) is 0 Å². The normalized spacial score (nSPS) is 15.5. The van der Waals surface area contributed by atoms with Crippen LogP contribution in [0.15, 0.2) is 35.7 Å². The minimum absolute atomic E-state index is 0.106. The van der Waals surface area contributed by atoms with Crippen molar-refractivity contribution in [3.8, 4) is 11.5 Å². The van der Waals surface area contributed by atoms with Crippen LogP contribution in [0.5, 0.6) is 11.5 Å².